The van der Waals surface area contributed by atoms with E-state index in [0.29, 0.717) is 11.6 Å². The van der Waals surface area contributed by atoms with E-state index in [1.54, 1.807) is 6.07 Å². The smallest absolute Gasteiger partial charge is 0.251 e. The Morgan fingerprint density at radius 3 is 2.71 bits per heavy atom. The van der Waals surface area contributed by atoms with Crippen LogP contribution in [0, 0.1) is 5.82 Å². The van der Waals surface area contributed by atoms with Gasteiger partial charge in [-0.3, -0.25) is 9.69 Å². The highest BCUT2D eigenvalue weighted by Crippen LogP contribution is 2.21. The summed E-state index contributed by atoms with van der Waals surface area (Å²) in [7, 11) is 2.17. The van der Waals surface area contributed by atoms with E-state index in [0.717, 1.165) is 39.0 Å². The first kappa shape index (κ1) is 17.6. The molecular formula is C18H25ClFN3O. The lowest BCUT2D eigenvalue weighted by Crippen LogP contribution is -2.53. The molecule has 2 aliphatic heterocycles. The van der Waals surface area contributed by atoms with Crippen molar-refractivity contribution in [2.75, 3.05) is 33.2 Å². The molecule has 0 unspecified atom stereocenters. The molecule has 2 saturated heterocycles. The average Bonchev–Trinajstić information content (AvgIpc) is 2.58. The van der Waals surface area contributed by atoms with E-state index in [-0.39, 0.29) is 17.0 Å². The van der Waals surface area contributed by atoms with Crippen LogP contribution in [-0.4, -0.2) is 61.0 Å². The Bertz CT molecular complexity index is 590. The third kappa shape index (κ3) is 4.26. The molecule has 0 aliphatic carbocycles. The Balaban J connectivity index is 1.56. The van der Waals surface area contributed by atoms with Crippen molar-refractivity contribution in [2.24, 2.45) is 0 Å². The van der Waals surface area contributed by atoms with Crippen LogP contribution in [0.15, 0.2) is 18.2 Å². The number of piperidine rings is 2. The zero-order valence-corrected chi connectivity index (χ0v) is 14.9. The highest BCUT2D eigenvalue weighted by Gasteiger charge is 2.28. The average molecular weight is 354 g/mol. The summed E-state index contributed by atoms with van der Waals surface area (Å²) in [5.41, 5.74) is 0.327. The lowest BCUT2D eigenvalue weighted by atomic mass is 9.98. The maximum atomic E-state index is 13.5. The van der Waals surface area contributed by atoms with Crippen molar-refractivity contribution in [3.05, 3.63) is 34.6 Å². The molecule has 1 aromatic carbocycles. The van der Waals surface area contributed by atoms with Crippen molar-refractivity contribution in [3.63, 3.8) is 0 Å². The molecule has 4 nitrogen and oxygen atoms in total. The minimum Gasteiger partial charge on any atom is -0.348 e. The third-order valence-electron chi connectivity index (χ3n) is 5.17. The van der Waals surface area contributed by atoms with Gasteiger partial charge in [0.05, 0.1) is 5.02 Å². The minimum absolute atomic E-state index is 0.0395. The second kappa shape index (κ2) is 7.81. The van der Waals surface area contributed by atoms with Gasteiger partial charge < -0.3 is 10.2 Å². The monoisotopic (exact) mass is 353 g/mol. The molecule has 132 valence electrons. The fourth-order valence-electron chi connectivity index (χ4n) is 3.72. The van der Waals surface area contributed by atoms with Gasteiger partial charge in [0.25, 0.3) is 5.91 Å². The van der Waals surface area contributed by atoms with Crippen LogP contribution in [0.3, 0.4) is 0 Å². The van der Waals surface area contributed by atoms with Gasteiger partial charge in [0.15, 0.2) is 0 Å². The van der Waals surface area contributed by atoms with Gasteiger partial charge in [0, 0.05) is 24.2 Å². The molecule has 2 heterocycles. The molecular weight excluding hydrogens is 329 g/mol. The molecule has 1 atom stereocenters. The first-order valence-electron chi connectivity index (χ1n) is 8.71. The summed E-state index contributed by atoms with van der Waals surface area (Å²) in [5, 5.41) is 3.10. The molecule has 0 radical (unpaired) electrons. The van der Waals surface area contributed by atoms with Crippen molar-refractivity contribution in [1.82, 2.24) is 15.1 Å². The summed E-state index contributed by atoms with van der Waals surface area (Å²) < 4.78 is 13.5. The quantitative estimate of drug-likeness (QED) is 0.907. The first-order chi connectivity index (χ1) is 11.5. The van der Waals surface area contributed by atoms with Gasteiger partial charge in [0.1, 0.15) is 5.82 Å². The van der Waals surface area contributed by atoms with Gasteiger partial charge in [0.2, 0.25) is 0 Å². The number of amides is 1. The molecule has 6 heteroatoms. The minimum atomic E-state index is -0.555. The van der Waals surface area contributed by atoms with Gasteiger partial charge in [-0.05, 0) is 70.6 Å². The molecule has 2 aliphatic rings. The third-order valence-corrected chi connectivity index (χ3v) is 5.48. The van der Waals surface area contributed by atoms with Crippen LogP contribution in [0.4, 0.5) is 4.39 Å². The number of benzene rings is 1. The number of likely N-dealkylation sites (tertiary alicyclic amines) is 2. The molecule has 0 bridgehead atoms. The summed E-state index contributed by atoms with van der Waals surface area (Å²) in [6.07, 6.45) is 4.45. The van der Waals surface area contributed by atoms with Gasteiger partial charge in [-0.15, -0.1) is 0 Å². The SMILES string of the molecule is CN1CCC(N2CCC[C@H](NC(=O)c3ccc(Cl)c(F)c3)C2)CC1. The maximum absolute atomic E-state index is 13.5. The lowest BCUT2D eigenvalue weighted by molar-refractivity contribution is 0.0765. The lowest BCUT2D eigenvalue weighted by Gasteiger charge is -2.41. The number of carbonyl (C=O) groups excluding carboxylic acids is 1. The van der Waals surface area contributed by atoms with Crippen LogP contribution in [0.2, 0.25) is 5.02 Å². The highest BCUT2D eigenvalue weighted by atomic mass is 35.5. The van der Waals surface area contributed by atoms with Crippen LogP contribution in [0.25, 0.3) is 0 Å². The van der Waals surface area contributed by atoms with Crippen molar-refractivity contribution < 1.29 is 9.18 Å². The van der Waals surface area contributed by atoms with Crippen molar-refractivity contribution >= 4 is 17.5 Å². The largest absolute Gasteiger partial charge is 0.348 e. The Morgan fingerprint density at radius 2 is 2.00 bits per heavy atom. The van der Waals surface area contributed by atoms with Gasteiger partial charge in [-0.1, -0.05) is 11.6 Å². The summed E-state index contributed by atoms with van der Waals surface area (Å²) in [6, 6.07) is 4.95. The van der Waals surface area contributed by atoms with Crippen LogP contribution < -0.4 is 5.32 Å². The fourth-order valence-corrected chi connectivity index (χ4v) is 3.84. The molecule has 3 rings (SSSR count). The van der Waals surface area contributed by atoms with Gasteiger partial charge >= 0.3 is 0 Å². The van der Waals surface area contributed by atoms with Gasteiger partial charge in [-0.2, -0.15) is 0 Å². The van der Waals surface area contributed by atoms with E-state index < -0.39 is 5.82 Å². The number of hydrogen-bond donors (Lipinski definition) is 1. The van der Waals surface area contributed by atoms with E-state index in [1.165, 1.54) is 25.0 Å². The predicted octanol–water partition coefficient (Wildman–Crippen LogP) is 2.77. The van der Waals surface area contributed by atoms with E-state index >= 15 is 0 Å². The molecule has 0 saturated carbocycles. The van der Waals surface area contributed by atoms with E-state index in [1.807, 2.05) is 0 Å². The topological polar surface area (TPSA) is 35.6 Å². The summed E-state index contributed by atoms with van der Waals surface area (Å²) >= 11 is 5.68. The number of nitrogens with one attached hydrogen (secondary N) is 1. The molecule has 1 aromatic rings. The second-order valence-corrected chi connectivity index (χ2v) is 7.38. The zero-order chi connectivity index (χ0) is 17.1. The number of halogens is 2. The van der Waals surface area contributed by atoms with Crippen LogP contribution >= 0.6 is 11.6 Å². The van der Waals surface area contributed by atoms with Crippen molar-refractivity contribution in [2.45, 2.75) is 37.8 Å². The van der Waals surface area contributed by atoms with Crippen LogP contribution in [0.1, 0.15) is 36.0 Å². The van der Waals surface area contributed by atoms with Crippen LogP contribution in [-0.2, 0) is 0 Å². The zero-order valence-electron chi connectivity index (χ0n) is 14.1. The molecule has 0 aromatic heterocycles. The molecule has 24 heavy (non-hydrogen) atoms. The van der Waals surface area contributed by atoms with E-state index in [4.69, 9.17) is 11.6 Å². The maximum Gasteiger partial charge on any atom is 0.251 e. The molecule has 1 amide bonds. The van der Waals surface area contributed by atoms with Gasteiger partial charge in [-0.25, -0.2) is 4.39 Å². The summed E-state index contributed by atoms with van der Waals surface area (Å²) in [4.78, 5) is 17.2. The normalized spacial score (nSPS) is 24.0. The number of carbonyl (C=O) groups is 1. The van der Waals surface area contributed by atoms with Crippen LogP contribution in [0.5, 0.6) is 0 Å². The predicted molar refractivity (Wildman–Crippen MR) is 94.0 cm³/mol. The number of hydrogen-bond acceptors (Lipinski definition) is 3. The first-order valence-corrected chi connectivity index (χ1v) is 9.09. The fraction of sp³-hybridized carbons (Fsp3) is 0.611. The Kier molecular flexibility index (Phi) is 5.74. The summed E-state index contributed by atoms with van der Waals surface area (Å²) in [5.74, 6) is -0.776. The number of nitrogens with zero attached hydrogens (tertiary/aromatic N) is 2. The second-order valence-electron chi connectivity index (χ2n) is 6.97. The van der Waals surface area contributed by atoms with E-state index in [9.17, 15) is 9.18 Å². The van der Waals surface area contributed by atoms with Crippen molar-refractivity contribution in [1.29, 1.82) is 0 Å². The Labute approximate surface area is 147 Å². The van der Waals surface area contributed by atoms with E-state index in [2.05, 4.69) is 22.2 Å². The van der Waals surface area contributed by atoms with Crippen molar-refractivity contribution in [3.8, 4) is 0 Å². The molecule has 1 N–H and O–H groups in total. The highest BCUT2D eigenvalue weighted by molar-refractivity contribution is 6.30. The Hall–Kier alpha value is -1.17. The summed E-state index contributed by atoms with van der Waals surface area (Å²) in [6.45, 7) is 4.27. The molecule has 2 fully saturated rings. The standard InChI is InChI=1S/C18H25ClFN3O/c1-22-9-6-15(7-10-22)23-8-2-3-14(12-23)21-18(24)13-4-5-16(19)17(20)11-13/h4-5,11,14-15H,2-3,6-10,12H2,1H3,(H,21,24)/t14-/m0/s1. The Morgan fingerprint density at radius 1 is 1.25 bits per heavy atom. The number of rotatable bonds is 3. The molecule has 0 spiro atoms.